The van der Waals surface area contributed by atoms with Gasteiger partial charge < -0.3 is 14.8 Å². The Labute approximate surface area is 235 Å². The molecule has 0 bridgehead atoms. The number of sulfonamides is 1. The summed E-state index contributed by atoms with van der Waals surface area (Å²) in [7, 11) is -3.46. The van der Waals surface area contributed by atoms with E-state index in [2.05, 4.69) is 15.0 Å². The van der Waals surface area contributed by atoms with Crippen molar-refractivity contribution >= 4 is 38.7 Å². The minimum Gasteiger partial charge on any atom is -0.351 e. The molecule has 0 spiro atoms. The molecule has 1 aliphatic rings. The number of nitrogens with one attached hydrogen (secondary N) is 2. The van der Waals surface area contributed by atoms with Gasteiger partial charge >= 0.3 is 6.18 Å². The highest BCUT2D eigenvalue weighted by molar-refractivity contribution is 7.92. The summed E-state index contributed by atoms with van der Waals surface area (Å²) in [5.41, 5.74) is 3.15. The third kappa shape index (κ3) is 5.28. The highest BCUT2D eigenvalue weighted by Gasteiger charge is 2.43. The number of pyridine rings is 1. The average molecular weight is 586 g/mol. The molecule has 0 radical (unpaired) electrons. The molecule has 5 rings (SSSR count). The molecule has 1 saturated heterocycles. The van der Waals surface area contributed by atoms with Gasteiger partial charge in [-0.25, -0.2) is 8.42 Å². The van der Waals surface area contributed by atoms with E-state index < -0.39 is 33.8 Å². The summed E-state index contributed by atoms with van der Waals surface area (Å²) in [6.07, 6.45) is -1.78. The SMILES string of the molecule is Cc1cc([C@H]2[C@H](c3ccccn3)NC(=S)N2c2ccc(NS(C)(=O)=O)cc2)c(C)n1-c1ccccc1C(F)(F)F. The Kier molecular flexibility index (Phi) is 7.09. The maximum absolute atomic E-state index is 14.0. The maximum atomic E-state index is 14.0. The van der Waals surface area contributed by atoms with Crippen LogP contribution in [0.4, 0.5) is 24.5 Å². The molecule has 0 aliphatic carbocycles. The van der Waals surface area contributed by atoms with Crippen molar-refractivity contribution < 1.29 is 21.6 Å². The molecule has 4 aromatic rings. The zero-order chi connectivity index (χ0) is 28.8. The first-order chi connectivity index (χ1) is 18.8. The molecular formula is C28H26F3N5O2S2. The van der Waals surface area contributed by atoms with Crippen molar-refractivity contribution in [3.8, 4) is 5.69 Å². The molecule has 1 fully saturated rings. The van der Waals surface area contributed by atoms with E-state index in [1.165, 1.54) is 12.1 Å². The molecule has 2 aromatic heterocycles. The predicted molar refractivity (Wildman–Crippen MR) is 153 cm³/mol. The lowest BCUT2D eigenvalue weighted by Gasteiger charge is -2.28. The topological polar surface area (TPSA) is 79.3 Å². The number of thiocarbonyl (C=S) groups is 1. The van der Waals surface area contributed by atoms with Crippen molar-refractivity contribution in [3.05, 3.63) is 107 Å². The summed E-state index contributed by atoms with van der Waals surface area (Å²) >= 11 is 5.76. The molecule has 3 heterocycles. The normalized spacial score (nSPS) is 17.6. The Bertz CT molecular complexity index is 1670. The summed E-state index contributed by atoms with van der Waals surface area (Å²) in [5.74, 6) is 0. The van der Waals surface area contributed by atoms with Crippen LogP contribution in [0.5, 0.6) is 0 Å². The van der Waals surface area contributed by atoms with E-state index >= 15 is 0 Å². The van der Waals surface area contributed by atoms with Gasteiger partial charge in [0.1, 0.15) is 0 Å². The smallest absolute Gasteiger partial charge is 0.351 e. The fourth-order valence-corrected chi connectivity index (χ4v) is 6.13. The Balaban J connectivity index is 1.66. The number of alkyl halides is 3. The van der Waals surface area contributed by atoms with Crippen LogP contribution in [0.25, 0.3) is 5.69 Å². The van der Waals surface area contributed by atoms with Crippen molar-refractivity contribution in [2.75, 3.05) is 15.9 Å². The quantitative estimate of drug-likeness (QED) is 0.268. The summed E-state index contributed by atoms with van der Waals surface area (Å²) < 4.78 is 69.3. The predicted octanol–water partition coefficient (Wildman–Crippen LogP) is 6.06. The molecule has 40 heavy (non-hydrogen) atoms. The van der Waals surface area contributed by atoms with Gasteiger partial charge in [0.2, 0.25) is 10.0 Å². The fraction of sp³-hybridized carbons (Fsp3) is 0.214. The fourth-order valence-electron chi connectivity index (χ4n) is 5.22. The third-order valence-corrected chi connectivity index (χ3v) is 7.71. The zero-order valence-electron chi connectivity index (χ0n) is 21.8. The molecule has 0 unspecified atom stereocenters. The van der Waals surface area contributed by atoms with Crippen LogP contribution in [0.2, 0.25) is 0 Å². The Morgan fingerprint density at radius 1 is 1.00 bits per heavy atom. The van der Waals surface area contributed by atoms with Gasteiger partial charge in [0.15, 0.2) is 5.11 Å². The Hall–Kier alpha value is -3.90. The van der Waals surface area contributed by atoms with Crippen molar-refractivity contribution in [3.63, 3.8) is 0 Å². The van der Waals surface area contributed by atoms with Gasteiger partial charge in [0.25, 0.3) is 0 Å². The molecule has 208 valence electrons. The van der Waals surface area contributed by atoms with Gasteiger partial charge in [-0.05, 0) is 86.2 Å². The van der Waals surface area contributed by atoms with Crippen LogP contribution in [-0.2, 0) is 16.2 Å². The van der Waals surface area contributed by atoms with Crippen LogP contribution in [0.15, 0.2) is 79.0 Å². The molecule has 0 amide bonds. The van der Waals surface area contributed by atoms with Crippen molar-refractivity contribution in [2.45, 2.75) is 32.1 Å². The molecular weight excluding hydrogens is 559 g/mol. The summed E-state index contributed by atoms with van der Waals surface area (Å²) in [6.45, 7) is 3.57. The van der Waals surface area contributed by atoms with Crippen LogP contribution < -0.4 is 14.9 Å². The number of aromatic nitrogens is 2. The first-order valence-corrected chi connectivity index (χ1v) is 14.6. The first kappa shape index (κ1) is 27.7. The van der Waals surface area contributed by atoms with Gasteiger partial charge in [0, 0.05) is 29.0 Å². The number of hydrogen-bond donors (Lipinski definition) is 2. The minimum absolute atomic E-state index is 0.0434. The Morgan fingerprint density at radius 2 is 1.68 bits per heavy atom. The monoisotopic (exact) mass is 585 g/mol. The van der Waals surface area contributed by atoms with E-state index in [9.17, 15) is 21.6 Å². The number of aryl methyl sites for hydroxylation is 1. The highest BCUT2D eigenvalue weighted by atomic mass is 32.2. The number of rotatable bonds is 6. The molecule has 7 nitrogen and oxygen atoms in total. The summed E-state index contributed by atoms with van der Waals surface area (Å²) in [5, 5.41) is 3.75. The second kappa shape index (κ2) is 10.3. The molecule has 2 N–H and O–H groups in total. The largest absolute Gasteiger partial charge is 0.418 e. The van der Waals surface area contributed by atoms with E-state index in [1.807, 2.05) is 23.1 Å². The van der Waals surface area contributed by atoms with Gasteiger partial charge in [-0.1, -0.05) is 18.2 Å². The van der Waals surface area contributed by atoms with E-state index in [0.29, 0.717) is 33.6 Å². The number of halogens is 3. The van der Waals surface area contributed by atoms with Gasteiger partial charge in [-0.15, -0.1) is 0 Å². The van der Waals surface area contributed by atoms with Crippen LogP contribution in [-0.4, -0.2) is 29.3 Å². The molecule has 2 atom stereocenters. The van der Waals surface area contributed by atoms with Crippen LogP contribution in [0.3, 0.4) is 0 Å². The second-order valence-electron chi connectivity index (χ2n) is 9.59. The second-order valence-corrected chi connectivity index (χ2v) is 11.7. The van der Waals surface area contributed by atoms with Crippen LogP contribution in [0, 0.1) is 13.8 Å². The van der Waals surface area contributed by atoms with Gasteiger partial charge in [0.05, 0.1) is 35.3 Å². The van der Waals surface area contributed by atoms with Crippen LogP contribution >= 0.6 is 12.2 Å². The lowest BCUT2D eigenvalue weighted by molar-refractivity contribution is -0.137. The van der Waals surface area contributed by atoms with Crippen LogP contribution in [0.1, 0.15) is 40.3 Å². The maximum Gasteiger partial charge on any atom is 0.418 e. The van der Waals surface area contributed by atoms with E-state index in [-0.39, 0.29) is 5.69 Å². The first-order valence-electron chi connectivity index (χ1n) is 12.3. The van der Waals surface area contributed by atoms with Crippen molar-refractivity contribution in [2.24, 2.45) is 0 Å². The van der Waals surface area contributed by atoms with Crippen molar-refractivity contribution in [1.29, 1.82) is 0 Å². The van der Waals surface area contributed by atoms with E-state index in [0.717, 1.165) is 17.9 Å². The number of anilines is 2. The Morgan fingerprint density at radius 3 is 2.30 bits per heavy atom. The third-order valence-electron chi connectivity index (χ3n) is 6.79. The highest BCUT2D eigenvalue weighted by Crippen LogP contribution is 2.44. The number of nitrogens with zero attached hydrogens (tertiary/aromatic N) is 3. The number of hydrogen-bond acceptors (Lipinski definition) is 4. The average Bonchev–Trinajstić information content (AvgIpc) is 3.38. The van der Waals surface area contributed by atoms with E-state index in [1.54, 1.807) is 61.0 Å². The molecule has 0 saturated carbocycles. The van der Waals surface area contributed by atoms with E-state index in [4.69, 9.17) is 12.2 Å². The summed E-state index contributed by atoms with van der Waals surface area (Å²) in [6, 6.07) is 18.8. The molecule has 2 aromatic carbocycles. The number of benzene rings is 2. The lowest BCUT2D eigenvalue weighted by atomic mass is 9.96. The van der Waals surface area contributed by atoms with Crippen molar-refractivity contribution in [1.82, 2.24) is 14.9 Å². The molecule has 1 aliphatic heterocycles. The number of para-hydroxylation sites is 1. The standard InChI is InChI=1S/C28H26F3N5O2S2/c1-17-16-21(18(2)35(17)24-10-5-4-8-22(24)28(29,30)31)26-25(23-9-6-7-15-32-23)33-27(39)36(26)20-13-11-19(12-14-20)34-40(3,37)38/h4-16,25-26,34H,1-3H3,(H,33,39)/t25-,26-/m0/s1. The van der Waals surface area contributed by atoms with Gasteiger partial charge in [-0.2, -0.15) is 13.2 Å². The lowest BCUT2D eigenvalue weighted by Crippen LogP contribution is -2.29. The summed E-state index contributed by atoms with van der Waals surface area (Å²) in [4.78, 5) is 6.43. The zero-order valence-corrected chi connectivity index (χ0v) is 23.4. The molecule has 12 heteroatoms. The minimum atomic E-state index is -4.53. The van der Waals surface area contributed by atoms with Gasteiger partial charge in [-0.3, -0.25) is 9.71 Å².